The van der Waals surface area contributed by atoms with Crippen LogP contribution in [0.3, 0.4) is 0 Å². The summed E-state index contributed by atoms with van der Waals surface area (Å²) < 4.78 is 11.6. The molecule has 3 rings (SSSR count). The van der Waals surface area contributed by atoms with E-state index in [0.29, 0.717) is 19.8 Å². The Morgan fingerprint density at radius 3 is 2.88 bits per heavy atom. The molecule has 0 aliphatic carbocycles. The minimum atomic E-state index is 0.135. The highest BCUT2D eigenvalue weighted by atomic mass is 16.5. The van der Waals surface area contributed by atoms with E-state index in [9.17, 15) is 5.11 Å². The summed E-state index contributed by atoms with van der Waals surface area (Å²) in [6.45, 7) is 2.92. The van der Waals surface area contributed by atoms with Crippen LogP contribution in [-0.2, 0) is 13.0 Å². The first-order valence-electron chi connectivity index (χ1n) is 8.46. The second kappa shape index (κ2) is 8.66. The van der Waals surface area contributed by atoms with Crippen LogP contribution in [0.25, 0.3) is 0 Å². The summed E-state index contributed by atoms with van der Waals surface area (Å²) in [5.74, 6) is 1.80. The van der Waals surface area contributed by atoms with Crippen molar-refractivity contribution < 1.29 is 14.6 Å². The third kappa shape index (κ3) is 4.46. The molecule has 1 atom stereocenters. The molecule has 0 fully saturated rings. The average molecular weight is 328 g/mol. The van der Waals surface area contributed by atoms with Gasteiger partial charge in [-0.2, -0.15) is 0 Å². The number of aromatic nitrogens is 1. The molecule has 0 saturated heterocycles. The Morgan fingerprint density at radius 2 is 2.04 bits per heavy atom. The second-order valence-corrected chi connectivity index (χ2v) is 6.00. The normalized spacial score (nSPS) is 14.9. The van der Waals surface area contributed by atoms with Crippen LogP contribution in [-0.4, -0.2) is 36.5 Å². The smallest absolute Gasteiger partial charge is 0.165 e. The maximum absolute atomic E-state index is 9.60. The van der Waals surface area contributed by atoms with E-state index in [1.165, 1.54) is 0 Å². The molecule has 1 aromatic carbocycles. The van der Waals surface area contributed by atoms with Gasteiger partial charge in [-0.15, -0.1) is 0 Å². The van der Waals surface area contributed by atoms with E-state index in [1.807, 2.05) is 36.4 Å². The first kappa shape index (κ1) is 16.7. The van der Waals surface area contributed by atoms with E-state index >= 15 is 0 Å². The van der Waals surface area contributed by atoms with Gasteiger partial charge in [-0.25, -0.2) is 0 Å². The number of rotatable bonds is 7. The molecule has 0 saturated carbocycles. The third-order valence-corrected chi connectivity index (χ3v) is 4.08. The van der Waals surface area contributed by atoms with Crippen molar-refractivity contribution in [3.05, 3.63) is 53.9 Å². The Labute approximate surface area is 142 Å². The van der Waals surface area contributed by atoms with Gasteiger partial charge in [0.25, 0.3) is 0 Å². The maximum Gasteiger partial charge on any atom is 0.165 e. The molecule has 128 valence electrons. The van der Waals surface area contributed by atoms with E-state index in [4.69, 9.17) is 9.47 Å². The fraction of sp³-hybridized carbons (Fsp3) is 0.421. The van der Waals surface area contributed by atoms with Gasteiger partial charge < -0.3 is 19.9 Å². The minimum Gasteiger partial charge on any atom is -0.490 e. The third-order valence-electron chi connectivity index (χ3n) is 4.08. The summed E-state index contributed by atoms with van der Waals surface area (Å²) in [5.41, 5.74) is 2.09. The molecule has 1 aliphatic heterocycles. The van der Waals surface area contributed by atoms with Crippen LogP contribution in [0.2, 0.25) is 0 Å². The van der Waals surface area contributed by atoms with E-state index in [-0.39, 0.29) is 12.5 Å². The van der Waals surface area contributed by atoms with E-state index < -0.39 is 0 Å². The van der Waals surface area contributed by atoms with Gasteiger partial charge in [0.05, 0.1) is 13.2 Å². The van der Waals surface area contributed by atoms with Crippen LogP contribution < -0.4 is 14.8 Å². The summed E-state index contributed by atoms with van der Waals surface area (Å²) in [7, 11) is 0. The molecule has 1 aliphatic rings. The van der Waals surface area contributed by atoms with Crippen molar-refractivity contribution in [2.45, 2.75) is 19.4 Å². The highest BCUT2D eigenvalue weighted by molar-refractivity contribution is 5.47. The van der Waals surface area contributed by atoms with Crippen molar-refractivity contribution in [2.75, 3.05) is 26.4 Å². The Bertz CT molecular complexity index is 634. The van der Waals surface area contributed by atoms with Crippen LogP contribution >= 0.6 is 0 Å². The molecule has 0 bridgehead atoms. The van der Waals surface area contributed by atoms with Gasteiger partial charge in [-0.3, -0.25) is 4.98 Å². The first-order chi connectivity index (χ1) is 11.9. The molecule has 1 aromatic heterocycles. The van der Waals surface area contributed by atoms with Gasteiger partial charge in [0.1, 0.15) is 0 Å². The Hall–Kier alpha value is -2.11. The summed E-state index contributed by atoms with van der Waals surface area (Å²) in [4.78, 5) is 4.33. The highest BCUT2D eigenvalue weighted by Gasteiger charge is 2.15. The summed E-state index contributed by atoms with van der Waals surface area (Å²) >= 11 is 0. The molecular weight excluding hydrogens is 304 g/mol. The Kier molecular flexibility index (Phi) is 6.04. The lowest BCUT2D eigenvalue weighted by atomic mass is 10.0. The predicted molar refractivity (Wildman–Crippen MR) is 92.3 cm³/mol. The van der Waals surface area contributed by atoms with Crippen molar-refractivity contribution >= 4 is 0 Å². The fourth-order valence-corrected chi connectivity index (χ4v) is 2.82. The van der Waals surface area contributed by atoms with Crippen LogP contribution in [0.4, 0.5) is 0 Å². The molecule has 1 unspecified atom stereocenters. The van der Waals surface area contributed by atoms with Crippen molar-refractivity contribution in [1.82, 2.24) is 10.3 Å². The molecule has 0 radical (unpaired) electrons. The zero-order valence-corrected chi connectivity index (χ0v) is 13.8. The fourth-order valence-electron chi connectivity index (χ4n) is 2.82. The molecular formula is C19H24N2O3. The number of aliphatic hydroxyl groups excluding tert-OH is 1. The van der Waals surface area contributed by atoms with E-state index in [2.05, 4.69) is 10.3 Å². The summed E-state index contributed by atoms with van der Waals surface area (Å²) in [6, 6.07) is 11.8. The Balaban J connectivity index is 1.56. The van der Waals surface area contributed by atoms with Crippen LogP contribution in [0.15, 0.2) is 42.6 Å². The minimum absolute atomic E-state index is 0.135. The molecule has 2 heterocycles. The molecule has 0 spiro atoms. The number of pyridine rings is 1. The number of nitrogens with zero attached hydrogens (tertiary/aromatic N) is 1. The summed E-state index contributed by atoms with van der Waals surface area (Å²) in [6.07, 6.45) is 3.45. The predicted octanol–water partition coefficient (Wildman–Crippen LogP) is 2.18. The number of benzene rings is 1. The van der Waals surface area contributed by atoms with Gasteiger partial charge in [-0.05, 0) is 30.5 Å². The zero-order chi connectivity index (χ0) is 16.6. The van der Waals surface area contributed by atoms with Crippen molar-refractivity contribution in [1.29, 1.82) is 0 Å². The lowest BCUT2D eigenvalue weighted by molar-refractivity contribution is 0.220. The zero-order valence-electron chi connectivity index (χ0n) is 13.8. The van der Waals surface area contributed by atoms with Gasteiger partial charge in [0, 0.05) is 43.6 Å². The topological polar surface area (TPSA) is 63.6 Å². The summed E-state index contributed by atoms with van der Waals surface area (Å²) in [5, 5.41) is 13.0. The van der Waals surface area contributed by atoms with Gasteiger partial charge in [0.15, 0.2) is 11.5 Å². The molecule has 0 amide bonds. The van der Waals surface area contributed by atoms with Crippen LogP contribution in [0.1, 0.15) is 17.7 Å². The lowest BCUT2D eigenvalue weighted by Crippen LogP contribution is -2.27. The van der Waals surface area contributed by atoms with Gasteiger partial charge in [0.2, 0.25) is 0 Å². The van der Waals surface area contributed by atoms with Crippen molar-refractivity contribution in [3.63, 3.8) is 0 Å². The standard InChI is InChI=1S/C19H24N2O3/c22-14-15(11-17-6-1-2-8-21-17)12-20-13-16-5-3-7-18-19(16)24-10-4-9-23-18/h1-3,5-8,15,20,22H,4,9-14H2. The molecule has 24 heavy (non-hydrogen) atoms. The maximum atomic E-state index is 9.60. The van der Waals surface area contributed by atoms with Crippen molar-refractivity contribution in [2.24, 2.45) is 5.92 Å². The number of aliphatic hydroxyl groups is 1. The number of para-hydroxylation sites is 1. The van der Waals surface area contributed by atoms with Crippen molar-refractivity contribution in [3.8, 4) is 11.5 Å². The number of hydrogen-bond donors (Lipinski definition) is 2. The lowest BCUT2D eigenvalue weighted by Gasteiger charge is -2.16. The monoisotopic (exact) mass is 328 g/mol. The van der Waals surface area contributed by atoms with E-state index in [1.54, 1.807) is 6.20 Å². The molecule has 5 nitrogen and oxygen atoms in total. The quantitative estimate of drug-likeness (QED) is 0.816. The second-order valence-electron chi connectivity index (χ2n) is 6.00. The van der Waals surface area contributed by atoms with E-state index in [0.717, 1.165) is 42.1 Å². The highest BCUT2D eigenvalue weighted by Crippen LogP contribution is 2.33. The number of fused-ring (bicyclic) bond motifs is 1. The Morgan fingerprint density at radius 1 is 1.12 bits per heavy atom. The first-order valence-corrected chi connectivity index (χ1v) is 8.46. The van der Waals surface area contributed by atoms with Gasteiger partial charge >= 0.3 is 0 Å². The number of hydrogen-bond acceptors (Lipinski definition) is 5. The number of ether oxygens (including phenoxy) is 2. The largest absolute Gasteiger partial charge is 0.490 e. The molecule has 5 heteroatoms. The molecule has 2 N–H and O–H groups in total. The van der Waals surface area contributed by atoms with Gasteiger partial charge in [-0.1, -0.05) is 18.2 Å². The SMILES string of the molecule is OCC(CNCc1cccc2c1OCCCO2)Cc1ccccn1. The van der Waals surface area contributed by atoms with Crippen LogP contribution in [0.5, 0.6) is 11.5 Å². The molecule has 2 aromatic rings. The average Bonchev–Trinajstić information content (AvgIpc) is 2.88. The number of nitrogens with one attached hydrogen (secondary N) is 1. The van der Waals surface area contributed by atoms with Crippen LogP contribution in [0, 0.1) is 5.92 Å².